The molecule has 0 aliphatic heterocycles. The molecule has 1 aliphatic carbocycles. The summed E-state index contributed by atoms with van der Waals surface area (Å²) in [7, 11) is 0. The molecule has 0 bridgehead atoms. The SMILES string of the molecule is CC(=O)[C@@H](C)CCC1C(C)=CC(C)=CC1C. The fraction of sp³-hybridized carbons (Fsp3) is 0.667. The lowest BCUT2D eigenvalue weighted by atomic mass is 9.78. The van der Waals surface area contributed by atoms with Gasteiger partial charge in [-0.1, -0.05) is 37.1 Å². The average Bonchev–Trinajstić information content (AvgIpc) is 2.15. The van der Waals surface area contributed by atoms with Crippen LogP contribution >= 0.6 is 0 Å². The molecule has 1 rings (SSSR count). The molecule has 0 N–H and O–H groups in total. The van der Waals surface area contributed by atoms with E-state index in [4.69, 9.17) is 0 Å². The van der Waals surface area contributed by atoms with Crippen molar-refractivity contribution in [3.05, 3.63) is 23.3 Å². The molecule has 0 amide bonds. The van der Waals surface area contributed by atoms with Crippen LogP contribution in [-0.4, -0.2) is 5.78 Å². The van der Waals surface area contributed by atoms with E-state index in [2.05, 4.69) is 32.9 Å². The number of hydrogen-bond donors (Lipinski definition) is 0. The summed E-state index contributed by atoms with van der Waals surface area (Å²) in [6.07, 6.45) is 6.77. The summed E-state index contributed by atoms with van der Waals surface area (Å²) in [6.45, 7) is 10.4. The third-order valence-corrected chi connectivity index (χ3v) is 3.81. The first-order valence-electron chi connectivity index (χ1n) is 6.29. The van der Waals surface area contributed by atoms with Crippen LogP contribution in [0.25, 0.3) is 0 Å². The summed E-state index contributed by atoms with van der Waals surface area (Å²) >= 11 is 0. The lowest BCUT2D eigenvalue weighted by molar-refractivity contribution is -0.120. The molecule has 0 aromatic carbocycles. The highest BCUT2D eigenvalue weighted by molar-refractivity contribution is 5.77. The maximum absolute atomic E-state index is 11.2. The van der Waals surface area contributed by atoms with Crippen molar-refractivity contribution >= 4 is 5.78 Å². The monoisotopic (exact) mass is 220 g/mol. The number of hydrogen-bond acceptors (Lipinski definition) is 1. The fourth-order valence-electron chi connectivity index (χ4n) is 2.58. The van der Waals surface area contributed by atoms with Gasteiger partial charge >= 0.3 is 0 Å². The fourth-order valence-corrected chi connectivity index (χ4v) is 2.58. The van der Waals surface area contributed by atoms with Crippen LogP contribution in [0.1, 0.15) is 47.5 Å². The molecule has 1 heteroatoms. The Morgan fingerprint density at radius 2 is 2.06 bits per heavy atom. The Labute approximate surface area is 99.6 Å². The molecular weight excluding hydrogens is 196 g/mol. The van der Waals surface area contributed by atoms with Crippen LogP contribution in [0.2, 0.25) is 0 Å². The van der Waals surface area contributed by atoms with E-state index in [1.807, 2.05) is 6.92 Å². The van der Waals surface area contributed by atoms with Crippen molar-refractivity contribution in [3.63, 3.8) is 0 Å². The van der Waals surface area contributed by atoms with Crippen molar-refractivity contribution < 1.29 is 4.79 Å². The van der Waals surface area contributed by atoms with Gasteiger partial charge in [-0.3, -0.25) is 4.79 Å². The maximum Gasteiger partial charge on any atom is 0.132 e. The zero-order valence-corrected chi connectivity index (χ0v) is 11.2. The van der Waals surface area contributed by atoms with Gasteiger partial charge in [-0.15, -0.1) is 0 Å². The predicted molar refractivity (Wildman–Crippen MR) is 69.2 cm³/mol. The van der Waals surface area contributed by atoms with Gasteiger partial charge in [-0.2, -0.15) is 0 Å². The van der Waals surface area contributed by atoms with E-state index in [1.54, 1.807) is 6.92 Å². The number of carbonyl (C=O) groups excluding carboxylic acids is 1. The van der Waals surface area contributed by atoms with Crippen molar-refractivity contribution in [2.24, 2.45) is 17.8 Å². The molecule has 1 aliphatic rings. The minimum absolute atomic E-state index is 0.215. The lowest BCUT2D eigenvalue weighted by Crippen LogP contribution is -2.17. The molecule has 0 fully saturated rings. The maximum atomic E-state index is 11.2. The summed E-state index contributed by atoms with van der Waals surface area (Å²) in [5.74, 6) is 1.78. The summed E-state index contributed by atoms with van der Waals surface area (Å²) < 4.78 is 0. The summed E-state index contributed by atoms with van der Waals surface area (Å²) in [5, 5.41) is 0. The highest BCUT2D eigenvalue weighted by atomic mass is 16.1. The summed E-state index contributed by atoms with van der Waals surface area (Å²) in [6, 6.07) is 0. The minimum atomic E-state index is 0.215. The molecule has 3 atom stereocenters. The van der Waals surface area contributed by atoms with Gasteiger partial charge in [-0.25, -0.2) is 0 Å². The number of rotatable bonds is 4. The Balaban J connectivity index is 2.56. The molecule has 0 heterocycles. The first kappa shape index (κ1) is 13.2. The lowest BCUT2D eigenvalue weighted by Gasteiger charge is -2.27. The van der Waals surface area contributed by atoms with Crippen LogP contribution < -0.4 is 0 Å². The van der Waals surface area contributed by atoms with Crippen molar-refractivity contribution in [2.75, 3.05) is 0 Å². The highest BCUT2D eigenvalue weighted by Crippen LogP contribution is 2.33. The molecule has 2 unspecified atom stereocenters. The van der Waals surface area contributed by atoms with Gasteiger partial charge in [0.1, 0.15) is 5.78 Å². The van der Waals surface area contributed by atoms with Crippen LogP contribution in [0, 0.1) is 17.8 Å². The first-order chi connectivity index (χ1) is 7.41. The topological polar surface area (TPSA) is 17.1 Å². The number of allylic oxidation sites excluding steroid dienone is 4. The van der Waals surface area contributed by atoms with Crippen molar-refractivity contribution in [1.29, 1.82) is 0 Å². The quantitative estimate of drug-likeness (QED) is 0.695. The molecular formula is C15H24O. The highest BCUT2D eigenvalue weighted by Gasteiger charge is 2.21. The first-order valence-corrected chi connectivity index (χ1v) is 6.29. The third kappa shape index (κ3) is 3.33. The predicted octanol–water partition coefficient (Wildman–Crippen LogP) is 4.15. The molecule has 0 saturated heterocycles. The molecule has 0 spiro atoms. The van der Waals surface area contributed by atoms with E-state index in [1.165, 1.54) is 11.1 Å². The summed E-state index contributed by atoms with van der Waals surface area (Å²) in [5.41, 5.74) is 2.85. The molecule has 90 valence electrons. The Morgan fingerprint density at radius 1 is 1.44 bits per heavy atom. The van der Waals surface area contributed by atoms with Gasteiger partial charge in [-0.05, 0) is 45.4 Å². The van der Waals surface area contributed by atoms with E-state index in [-0.39, 0.29) is 5.92 Å². The van der Waals surface area contributed by atoms with Crippen molar-refractivity contribution in [2.45, 2.75) is 47.5 Å². The Morgan fingerprint density at radius 3 is 2.56 bits per heavy atom. The molecule has 0 aromatic heterocycles. The Hall–Kier alpha value is -0.850. The molecule has 1 nitrogen and oxygen atoms in total. The molecule has 0 saturated carbocycles. The van der Waals surface area contributed by atoms with E-state index in [0.29, 0.717) is 17.6 Å². The normalized spacial score (nSPS) is 27.1. The number of carbonyl (C=O) groups is 1. The van der Waals surface area contributed by atoms with Crippen LogP contribution in [0.15, 0.2) is 23.3 Å². The molecule has 16 heavy (non-hydrogen) atoms. The third-order valence-electron chi connectivity index (χ3n) is 3.81. The standard InChI is InChI=1S/C15H24O/c1-10-8-12(3)15(13(4)9-10)7-6-11(2)14(5)16/h8-9,11-12,15H,6-7H2,1-5H3/t11-,12?,15?/m0/s1. The van der Waals surface area contributed by atoms with Crippen LogP contribution in [0.4, 0.5) is 0 Å². The van der Waals surface area contributed by atoms with E-state index in [9.17, 15) is 4.79 Å². The largest absolute Gasteiger partial charge is 0.300 e. The Kier molecular flexibility index (Phi) is 4.52. The van der Waals surface area contributed by atoms with E-state index in [0.717, 1.165) is 12.8 Å². The van der Waals surface area contributed by atoms with Gasteiger partial charge in [0.25, 0.3) is 0 Å². The average molecular weight is 220 g/mol. The van der Waals surface area contributed by atoms with Gasteiger partial charge in [0.15, 0.2) is 0 Å². The number of Topliss-reactive ketones (excluding diaryl/α,β-unsaturated/α-hetero) is 1. The van der Waals surface area contributed by atoms with Gasteiger partial charge in [0, 0.05) is 5.92 Å². The van der Waals surface area contributed by atoms with Crippen molar-refractivity contribution in [1.82, 2.24) is 0 Å². The van der Waals surface area contributed by atoms with E-state index >= 15 is 0 Å². The zero-order chi connectivity index (χ0) is 12.3. The molecule has 0 radical (unpaired) electrons. The van der Waals surface area contributed by atoms with Gasteiger partial charge in [0.2, 0.25) is 0 Å². The second-order valence-electron chi connectivity index (χ2n) is 5.35. The second-order valence-corrected chi connectivity index (χ2v) is 5.35. The zero-order valence-electron chi connectivity index (χ0n) is 11.2. The second kappa shape index (κ2) is 5.47. The van der Waals surface area contributed by atoms with Gasteiger partial charge in [0.05, 0.1) is 0 Å². The summed E-state index contributed by atoms with van der Waals surface area (Å²) in [4.78, 5) is 11.2. The van der Waals surface area contributed by atoms with Gasteiger partial charge < -0.3 is 0 Å². The van der Waals surface area contributed by atoms with Crippen molar-refractivity contribution in [3.8, 4) is 0 Å². The Bertz CT molecular complexity index is 322. The van der Waals surface area contributed by atoms with Crippen LogP contribution in [-0.2, 0) is 4.79 Å². The smallest absolute Gasteiger partial charge is 0.132 e. The van der Waals surface area contributed by atoms with Crippen LogP contribution in [0.3, 0.4) is 0 Å². The number of ketones is 1. The molecule has 0 aromatic rings. The minimum Gasteiger partial charge on any atom is -0.300 e. The van der Waals surface area contributed by atoms with Crippen LogP contribution in [0.5, 0.6) is 0 Å². The van der Waals surface area contributed by atoms with E-state index < -0.39 is 0 Å².